The molecule has 3 heteroatoms. The molecule has 0 radical (unpaired) electrons. The van der Waals surface area contributed by atoms with Crippen LogP contribution < -0.4 is 4.90 Å². The summed E-state index contributed by atoms with van der Waals surface area (Å²) in [7, 11) is 1.88. The normalized spacial score (nSPS) is 9.56. The molecular weight excluding hydrogens is 200 g/mol. The van der Waals surface area contributed by atoms with E-state index in [1.54, 1.807) is 12.1 Å². The number of benzene rings is 1. The summed E-state index contributed by atoms with van der Waals surface area (Å²) in [5, 5.41) is 8.66. The Morgan fingerprint density at radius 1 is 1.38 bits per heavy atom. The van der Waals surface area contributed by atoms with Gasteiger partial charge in [-0.15, -0.1) is 0 Å². The summed E-state index contributed by atoms with van der Waals surface area (Å²) >= 11 is 0. The first-order valence-corrected chi connectivity index (χ1v) is 5.40. The van der Waals surface area contributed by atoms with E-state index < -0.39 is 0 Å². The van der Waals surface area contributed by atoms with Crippen molar-refractivity contribution in [1.29, 1.82) is 5.26 Å². The lowest BCUT2D eigenvalue weighted by Crippen LogP contribution is -2.25. The van der Waals surface area contributed by atoms with E-state index in [0.717, 1.165) is 12.1 Å². The van der Waals surface area contributed by atoms with E-state index in [9.17, 15) is 4.79 Å². The summed E-state index contributed by atoms with van der Waals surface area (Å²) in [4.78, 5) is 13.4. The van der Waals surface area contributed by atoms with Gasteiger partial charge in [0, 0.05) is 19.2 Å². The van der Waals surface area contributed by atoms with Crippen LogP contribution in [0, 0.1) is 11.3 Å². The molecule has 0 aliphatic rings. The van der Waals surface area contributed by atoms with Crippen LogP contribution in [0.1, 0.15) is 25.3 Å². The minimum Gasteiger partial charge on any atom is -0.367 e. The van der Waals surface area contributed by atoms with E-state index in [1.807, 2.05) is 31.0 Å². The third-order valence-electron chi connectivity index (χ3n) is 2.38. The predicted octanol–water partition coefficient (Wildman–Crippen LogP) is 2.36. The van der Waals surface area contributed by atoms with Gasteiger partial charge in [0.1, 0.15) is 0 Å². The molecule has 1 aromatic rings. The van der Waals surface area contributed by atoms with E-state index in [4.69, 9.17) is 5.26 Å². The number of Topliss-reactive ketones (excluding diaryl/α,β-unsaturated/α-hetero) is 1. The number of likely N-dealkylation sites (N-methyl/N-ethyl adjacent to an activating group) is 1. The standard InChI is InChI=1S/C13H16N2O/c1-3-4-13(16)10-15(2)12-7-5-11(9-14)6-8-12/h5-8H,3-4,10H2,1-2H3. The first-order chi connectivity index (χ1) is 7.67. The monoisotopic (exact) mass is 216 g/mol. The van der Waals surface area contributed by atoms with Crippen LogP contribution in [0.4, 0.5) is 5.69 Å². The van der Waals surface area contributed by atoms with Gasteiger partial charge in [-0.3, -0.25) is 4.79 Å². The summed E-state index contributed by atoms with van der Waals surface area (Å²) in [6, 6.07) is 9.31. The lowest BCUT2D eigenvalue weighted by molar-refractivity contribution is -0.117. The highest BCUT2D eigenvalue weighted by Gasteiger charge is 2.06. The number of ketones is 1. The number of carbonyl (C=O) groups excluding carboxylic acids is 1. The van der Waals surface area contributed by atoms with Gasteiger partial charge in [0.05, 0.1) is 18.2 Å². The highest BCUT2D eigenvalue weighted by atomic mass is 16.1. The van der Waals surface area contributed by atoms with Crippen molar-refractivity contribution in [3.05, 3.63) is 29.8 Å². The molecule has 0 aromatic heterocycles. The lowest BCUT2D eigenvalue weighted by atomic mass is 10.2. The Hall–Kier alpha value is -1.82. The number of carbonyl (C=O) groups is 1. The molecule has 16 heavy (non-hydrogen) atoms. The van der Waals surface area contributed by atoms with Crippen molar-refractivity contribution in [2.45, 2.75) is 19.8 Å². The van der Waals surface area contributed by atoms with E-state index in [-0.39, 0.29) is 5.78 Å². The molecule has 0 bridgehead atoms. The molecule has 1 aromatic carbocycles. The van der Waals surface area contributed by atoms with Gasteiger partial charge < -0.3 is 4.90 Å². The molecule has 0 fully saturated rings. The molecule has 0 atom stereocenters. The zero-order chi connectivity index (χ0) is 12.0. The summed E-state index contributed by atoms with van der Waals surface area (Å²) < 4.78 is 0. The number of rotatable bonds is 5. The molecule has 3 nitrogen and oxygen atoms in total. The second-order valence-electron chi connectivity index (χ2n) is 3.80. The highest BCUT2D eigenvalue weighted by molar-refractivity contribution is 5.83. The van der Waals surface area contributed by atoms with E-state index in [2.05, 4.69) is 6.07 Å². The van der Waals surface area contributed by atoms with Gasteiger partial charge in [0.2, 0.25) is 0 Å². The number of hydrogen-bond acceptors (Lipinski definition) is 3. The van der Waals surface area contributed by atoms with Gasteiger partial charge in [-0.25, -0.2) is 0 Å². The van der Waals surface area contributed by atoms with Crippen molar-refractivity contribution in [1.82, 2.24) is 0 Å². The third kappa shape index (κ3) is 3.39. The molecule has 84 valence electrons. The first-order valence-electron chi connectivity index (χ1n) is 5.40. The Kier molecular flexibility index (Phi) is 4.53. The lowest BCUT2D eigenvalue weighted by Gasteiger charge is -2.18. The maximum atomic E-state index is 11.5. The Morgan fingerprint density at radius 2 is 2.00 bits per heavy atom. The SMILES string of the molecule is CCCC(=O)CN(C)c1ccc(C#N)cc1. The minimum atomic E-state index is 0.245. The average molecular weight is 216 g/mol. The number of hydrogen-bond donors (Lipinski definition) is 0. The second-order valence-corrected chi connectivity index (χ2v) is 3.80. The zero-order valence-electron chi connectivity index (χ0n) is 9.73. The van der Waals surface area contributed by atoms with Gasteiger partial charge in [-0.2, -0.15) is 5.26 Å². The van der Waals surface area contributed by atoms with Crippen LogP contribution in [0.15, 0.2) is 24.3 Å². The van der Waals surface area contributed by atoms with E-state index in [0.29, 0.717) is 18.5 Å². The topological polar surface area (TPSA) is 44.1 Å². The largest absolute Gasteiger partial charge is 0.367 e. The third-order valence-corrected chi connectivity index (χ3v) is 2.38. The Balaban J connectivity index is 2.63. The summed E-state index contributed by atoms with van der Waals surface area (Å²) in [5.74, 6) is 0.245. The van der Waals surface area contributed by atoms with Crippen LogP contribution in [-0.2, 0) is 4.79 Å². The zero-order valence-corrected chi connectivity index (χ0v) is 9.73. The van der Waals surface area contributed by atoms with Crippen LogP contribution in [0.2, 0.25) is 0 Å². The number of nitriles is 1. The maximum absolute atomic E-state index is 11.5. The van der Waals surface area contributed by atoms with Crippen LogP contribution in [-0.4, -0.2) is 19.4 Å². The molecular formula is C13H16N2O. The van der Waals surface area contributed by atoms with Crippen LogP contribution in [0.25, 0.3) is 0 Å². The summed E-state index contributed by atoms with van der Waals surface area (Å²) in [6.45, 7) is 2.43. The molecule has 0 unspecified atom stereocenters. The predicted molar refractivity (Wildman–Crippen MR) is 64.3 cm³/mol. The smallest absolute Gasteiger partial charge is 0.152 e. The molecule has 0 aliphatic carbocycles. The fourth-order valence-electron chi connectivity index (χ4n) is 1.50. The fraction of sp³-hybridized carbons (Fsp3) is 0.385. The fourth-order valence-corrected chi connectivity index (χ4v) is 1.50. The summed E-state index contributed by atoms with van der Waals surface area (Å²) in [5.41, 5.74) is 1.60. The molecule has 0 saturated carbocycles. The van der Waals surface area contributed by atoms with Gasteiger partial charge in [0.25, 0.3) is 0 Å². The van der Waals surface area contributed by atoms with Crippen molar-refractivity contribution in [2.24, 2.45) is 0 Å². The molecule has 0 amide bonds. The Bertz CT molecular complexity index is 389. The molecule has 0 saturated heterocycles. The van der Waals surface area contributed by atoms with E-state index in [1.165, 1.54) is 0 Å². The van der Waals surface area contributed by atoms with Crippen LogP contribution >= 0.6 is 0 Å². The van der Waals surface area contributed by atoms with Gasteiger partial charge >= 0.3 is 0 Å². The molecule has 0 heterocycles. The molecule has 0 N–H and O–H groups in total. The number of anilines is 1. The second kappa shape index (κ2) is 5.92. The van der Waals surface area contributed by atoms with Crippen LogP contribution in [0.5, 0.6) is 0 Å². The highest BCUT2D eigenvalue weighted by Crippen LogP contribution is 2.13. The van der Waals surface area contributed by atoms with Gasteiger partial charge in [0.15, 0.2) is 5.78 Å². The Morgan fingerprint density at radius 3 is 2.50 bits per heavy atom. The van der Waals surface area contributed by atoms with Crippen molar-refractivity contribution < 1.29 is 4.79 Å². The van der Waals surface area contributed by atoms with Gasteiger partial charge in [-0.05, 0) is 30.7 Å². The van der Waals surface area contributed by atoms with Crippen molar-refractivity contribution >= 4 is 11.5 Å². The molecule has 0 spiro atoms. The molecule has 1 rings (SSSR count). The number of nitrogens with zero attached hydrogens (tertiary/aromatic N) is 2. The van der Waals surface area contributed by atoms with Crippen molar-refractivity contribution in [3.8, 4) is 6.07 Å². The first kappa shape index (κ1) is 12.3. The minimum absolute atomic E-state index is 0.245. The van der Waals surface area contributed by atoms with Crippen LogP contribution in [0.3, 0.4) is 0 Å². The van der Waals surface area contributed by atoms with Crippen molar-refractivity contribution in [3.63, 3.8) is 0 Å². The quantitative estimate of drug-likeness (QED) is 0.759. The van der Waals surface area contributed by atoms with Crippen molar-refractivity contribution in [2.75, 3.05) is 18.5 Å². The average Bonchev–Trinajstić information content (AvgIpc) is 2.29. The summed E-state index contributed by atoms with van der Waals surface area (Å²) in [6.07, 6.45) is 1.51. The van der Waals surface area contributed by atoms with E-state index >= 15 is 0 Å². The maximum Gasteiger partial charge on any atom is 0.152 e. The van der Waals surface area contributed by atoms with Gasteiger partial charge in [-0.1, -0.05) is 6.92 Å². The molecule has 0 aliphatic heterocycles. The Labute approximate surface area is 96.3 Å².